The van der Waals surface area contributed by atoms with Gasteiger partial charge < -0.3 is 14.2 Å². The first-order chi connectivity index (χ1) is 9.13. The lowest BCUT2D eigenvalue weighted by molar-refractivity contribution is -0.254. The smallest absolute Gasteiger partial charge is 0.166 e. The summed E-state index contributed by atoms with van der Waals surface area (Å²) in [6.45, 7) is 5.92. The number of hydrogen-bond acceptors (Lipinski definition) is 4. The predicted molar refractivity (Wildman–Crippen MR) is 78.4 cm³/mol. The highest BCUT2D eigenvalue weighted by Gasteiger charge is 2.33. The zero-order chi connectivity index (χ0) is 13.7. The van der Waals surface area contributed by atoms with E-state index in [1.54, 1.807) is 11.8 Å². The predicted octanol–water partition coefficient (Wildman–Crippen LogP) is 3.01. The van der Waals surface area contributed by atoms with Gasteiger partial charge in [-0.25, -0.2) is 0 Å². The minimum Gasteiger partial charge on any atom is -0.366 e. The molecule has 0 spiro atoms. The molecule has 106 valence electrons. The van der Waals surface area contributed by atoms with Crippen molar-refractivity contribution in [2.45, 2.75) is 32.3 Å². The Morgan fingerprint density at radius 3 is 2.63 bits per heavy atom. The largest absolute Gasteiger partial charge is 0.366 e. The molecule has 1 aliphatic heterocycles. The van der Waals surface area contributed by atoms with Gasteiger partial charge in [-0.1, -0.05) is 24.3 Å². The molecule has 0 radical (unpaired) electrons. The Balaban J connectivity index is 1.84. The summed E-state index contributed by atoms with van der Waals surface area (Å²) in [6, 6.07) is 8.28. The molecule has 0 bridgehead atoms. The summed E-state index contributed by atoms with van der Waals surface area (Å²) in [6.07, 6.45) is 1.96. The van der Waals surface area contributed by atoms with Crippen LogP contribution in [0.25, 0.3) is 0 Å². The second-order valence-corrected chi connectivity index (χ2v) is 6.08. The lowest BCUT2D eigenvalue weighted by atomic mass is 10.1. The van der Waals surface area contributed by atoms with Crippen LogP contribution in [0.15, 0.2) is 24.3 Å². The summed E-state index contributed by atoms with van der Waals surface area (Å²) in [7, 11) is 0. The first kappa shape index (κ1) is 14.9. The van der Waals surface area contributed by atoms with Crippen LogP contribution >= 0.6 is 11.8 Å². The van der Waals surface area contributed by atoms with Crippen molar-refractivity contribution >= 4 is 11.8 Å². The van der Waals surface area contributed by atoms with Crippen LogP contribution in [0.3, 0.4) is 0 Å². The third-order valence-electron chi connectivity index (χ3n) is 3.29. The fourth-order valence-corrected chi connectivity index (χ4v) is 2.43. The zero-order valence-corrected chi connectivity index (χ0v) is 12.7. The average Bonchev–Trinajstić information content (AvgIpc) is 2.41. The molecule has 1 aliphatic rings. The second kappa shape index (κ2) is 6.75. The van der Waals surface area contributed by atoms with Crippen LogP contribution in [0, 0.1) is 6.92 Å². The Labute approximate surface area is 119 Å². The quantitative estimate of drug-likeness (QED) is 0.830. The van der Waals surface area contributed by atoms with Gasteiger partial charge in [0.25, 0.3) is 0 Å². The molecule has 1 aromatic rings. The lowest BCUT2D eigenvalue weighted by Gasteiger charge is -2.37. The molecule has 2 rings (SSSR count). The fourth-order valence-electron chi connectivity index (χ4n) is 1.97. The molecule has 0 aromatic heterocycles. The third kappa shape index (κ3) is 4.21. The summed E-state index contributed by atoms with van der Waals surface area (Å²) >= 11 is 1.73. The zero-order valence-electron chi connectivity index (χ0n) is 11.8. The summed E-state index contributed by atoms with van der Waals surface area (Å²) in [5, 5.41) is 0. The molecule has 3 nitrogen and oxygen atoms in total. The number of ether oxygens (including phenoxy) is 3. The minimum absolute atomic E-state index is 0.0925. The SMILES string of the molecule is CSCC1OCC(C)(OCc2ccccc2C)CO1. The van der Waals surface area contributed by atoms with Crippen LogP contribution in [-0.4, -0.2) is 37.1 Å². The summed E-state index contributed by atoms with van der Waals surface area (Å²) < 4.78 is 17.4. The maximum atomic E-state index is 6.01. The maximum Gasteiger partial charge on any atom is 0.166 e. The van der Waals surface area contributed by atoms with Gasteiger partial charge in [-0.05, 0) is 31.2 Å². The number of rotatable bonds is 5. The van der Waals surface area contributed by atoms with E-state index in [0.717, 1.165) is 5.75 Å². The van der Waals surface area contributed by atoms with Crippen molar-refractivity contribution < 1.29 is 14.2 Å². The van der Waals surface area contributed by atoms with Crippen molar-refractivity contribution in [2.24, 2.45) is 0 Å². The molecule has 1 saturated heterocycles. The van der Waals surface area contributed by atoms with Gasteiger partial charge in [-0.3, -0.25) is 0 Å². The monoisotopic (exact) mass is 282 g/mol. The summed E-state index contributed by atoms with van der Waals surface area (Å²) in [5.41, 5.74) is 2.12. The molecule has 0 aliphatic carbocycles. The Kier molecular flexibility index (Phi) is 5.28. The molecule has 0 atom stereocenters. The van der Waals surface area contributed by atoms with E-state index in [9.17, 15) is 0 Å². The van der Waals surface area contributed by atoms with E-state index in [1.807, 2.05) is 19.1 Å². The van der Waals surface area contributed by atoms with E-state index in [0.29, 0.717) is 19.8 Å². The van der Waals surface area contributed by atoms with Gasteiger partial charge in [-0.2, -0.15) is 11.8 Å². The number of aryl methyl sites for hydroxylation is 1. The van der Waals surface area contributed by atoms with Crippen LogP contribution in [0.2, 0.25) is 0 Å². The highest BCUT2D eigenvalue weighted by Crippen LogP contribution is 2.23. The van der Waals surface area contributed by atoms with Crippen LogP contribution in [0.5, 0.6) is 0 Å². The van der Waals surface area contributed by atoms with Crippen molar-refractivity contribution in [3.05, 3.63) is 35.4 Å². The molecule has 0 amide bonds. The summed E-state index contributed by atoms with van der Waals surface area (Å²) in [5.74, 6) is 0.869. The molecule has 0 N–H and O–H groups in total. The van der Waals surface area contributed by atoms with Crippen LogP contribution < -0.4 is 0 Å². The van der Waals surface area contributed by atoms with Gasteiger partial charge in [0.05, 0.1) is 19.8 Å². The first-order valence-electron chi connectivity index (χ1n) is 6.53. The van der Waals surface area contributed by atoms with Gasteiger partial charge >= 0.3 is 0 Å². The first-order valence-corrected chi connectivity index (χ1v) is 7.93. The highest BCUT2D eigenvalue weighted by atomic mass is 32.2. The molecule has 1 aromatic carbocycles. The van der Waals surface area contributed by atoms with Gasteiger partial charge in [0, 0.05) is 5.75 Å². The maximum absolute atomic E-state index is 6.01. The van der Waals surface area contributed by atoms with Crippen LogP contribution in [0.1, 0.15) is 18.1 Å². The molecular weight excluding hydrogens is 260 g/mol. The Morgan fingerprint density at radius 1 is 1.32 bits per heavy atom. The van der Waals surface area contributed by atoms with E-state index in [4.69, 9.17) is 14.2 Å². The topological polar surface area (TPSA) is 27.7 Å². The summed E-state index contributed by atoms with van der Waals surface area (Å²) in [4.78, 5) is 0. The van der Waals surface area contributed by atoms with E-state index in [2.05, 4.69) is 25.3 Å². The number of hydrogen-bond donors (Lipinski definition) is 0. The Hall–Kier alpha value is -0.550. The molecule has 0 unspecified atom stereocenters. The van der Waals surface area contributed by atoms with E-state index < -0.39 is 0 Å². The second-order valence-electron chi connectivity index (χ2n) is 5.17. The Bertz CT molecular complexity index is 400. The standard InChI is InChI=1S/C15H22O3S/c1-12-6-4-5-7-13(12)8-18-15(2)10-16-14(9-19-3)17-11-15/h4-7,14H,8-11H2,1-3H3. The highest BCUT2D eigenvalue weighted by molar-refractivity contribution is 7.98. The average molecular weight is 282 g/mol. The van der Waals surface area contributed by atoms with Gasteiger partial charge in [-0.15, -0.1) is 0 Å². The van der Waals surface area contributed by atoms with Crippen molar-refractivity contribution in [1.29, 1.82) is 0 Å². The molecule has 0 saturated carbocycles. The number of thioether (sulfide) groups is 1. The third-order valence-corrected chi connectivity index (χ3v) is 3.89. The molecule has 4 heteroatoms. The Morgan fingerprint density at radius 2 is 2.00 bits per heavy atom. The minimum atomic E-state index is -0.350. The van der Waals surface area contributed by atoms with E-state index >= 15 is 0 Å². The van der Waals surface area contributed by atoms with Crippen molar-refractivity contribution in [1.82, 2.24) is 0 Å². The fraction of sp³-hybridized carbons (Fsp3) is 0.600. The number of benzene rings is 1. The van der Waals surface area contributed by atoms with Gasteiger partial charge in [0.1, 0.15) is 5.60 Å². The van der Waals surface area contributed by atoms with Crippen molar-refractivity contribution in [3.8, 4) is 0 Å². The molecule has 1 heterocycles. The van der Waals surface area contributed by atoms with E-state index in [-0.39, 0.29) is 11.9 Å². The van der Waals surface area contributed by atoms with E-state index in [1.165, 1.54) is 11.1 Å². The molecule has 1 fully saturated rings. The lowest BCUT2D eigenvalue weighted by Crippen LogP contribution is -2.47. The van der Waals surface area contributed by atoms with Gasteiger partial charge in [0.2, 0.25) is 0 Å². The van der Waals surface area contributed by atoms with Crippen LogP contribution in [-0.2, 0) is 20.8 Å². The van der Waals surface area contributed by atoms with Crippen molar-refractivity contribution in [2.75, 3.05) is 25.2 Å². The molecular formula is C15H22O3S. The van der Waals surface area contributed by atoms with Crippen LogP contribution in [0.4, 0.5) is 0 Å². The van der Waals surface area contributed by atoms with Crippen molar-refractivity contribution in [3.63, 3.8) is 0 Å². The molecule has 19 heavy (non-hydrogen) atoms. The van der Waals surface area contributed by atoms with Gasteiger partial charge in [0.15, 0.2) is 6.29 Å². The normalized spacial score (nSPS) is 27.4.